The zero-order chi connectivity index (χ0) is 23.0. The van der Waals surface area contributed by atoms with E-state index in [1.165, 1.54) is 29.2 Å². The molecule has 1 aromatic carbocycles. The zero-order valence-corrected chi connectivity index (χ0v) is 17.8. The predicted molar refractivity (Wildman–Crippen MR) is 113 cm³/mol. The summed E-state index contributed by atoms with van der Waals surface area (Å²) >= 11 is 0. The number of rotatable bonds is 10. The van der Waals surface area contributed by atoms with Crippen molar-refractivity contribution >= 4 is 29.7 Å². The van der Waals surface area contributed by atoms with Gasteiger partial charge in [0.2, 0.25) is 17.7 Å². The Labute approximate surface area is 181 Å². The molecule has 0 unspecified atom stereocenters. The Balaban J connectivity index is 2.05. The van der Waals surface area contributed by atoms with Gasteiger partial charge in [-0.15, -0.1) is 0 Å². The molecule has 8 nitrogen and oxygen atoms in total. The van der Waals surface area contributed by atoms with E-state index in [2.05, 4.69) is 10.6 Å². The van der Waals surface area contributed by atoms with E-state index in [-0.39, 0.29) is 37.0 Å². The Bertz CT molecular complexity index is 825. The van der Waals surface area contributed by atoms with Crippen molar-refractivity contribution in [2.24, 2.45) is 5.92 Å². The normalized spacial score (nSPS) is 16.6. The van der Waals surface area contributed by atoms with Crippen LogP contribution in [0.2, 0.25) is 0 Å². The van der Waals surface area contributed by atoms with Gasteiger partial charge in [-0.2, -0.15) is 0 Å². The second-order valence-electron chi connectivity index (χ2n) is 7.90. The van der Waals surface area contributed by atoms with Crippen LogP contribution in [0.1, 0.15) is 45.1 Å². The summed E-state index contributed by atoms with van der Waals surface area (Å²) in [5.41, 5.74) is 0.680. The molecule has 9 heteroatoms. The first kappa shape index (κ1) is 24.2. The first-order chi connectivity index (χ1) is 14.7. The van der Waals surface area contributed by atoms with Crippen LogP contribution >= 0.6 is 0 Å². The van der Waals surface area contributed by atoms with E-state index in [1.54, 1.807) is 13.8 Å². The zero-order valence-electron chi connectivity index (χ0n) is 17.8. The van der Waals surface area contributed by atoms with Crippen LogP contribution in [0.3, 0.4) is 0 Å². The number of ketones is 1. The van der Waals surface area contributed by atoms with Gasteiger partial charge in [0.15, 0.2) is 5.78 Å². The lowest BCUT2D eigenvalue weighted by molar-refractivity contribution is -0.141. The first-order valence-corrected chi connectivity index (χ1v) is 10.4. The van der Waals surface area contributed by atoms with Gasteiger partial charge in [-0.3, -0.25) is 19.2 Å². The summed E-state index contributed by atoms with van der Waals surface area (Å²) in [4.78, 5) is 51.0. The lowest BCUT2D eigenvalue weighted by atomic mass is 10.1. The molecule has 1 heterocycles. The number of halogens is 1. The molecule has 3 N–H and O–H groups in total. The summed E-state index contributed by atoms with van der Waals surface area (Å²) in [6.45, 7) is 4.16. The van der Waals surface area contributed by atoms with Crippen LogP contribution in [0.25, 0.3) is 0 Å². The standard InChI is InChI=1S/C22H29FN4O4/c1-14(2)22(31)27-11-3-4-19(27)21(30)26-18(10-9-17(28)12-24)20(29)25-13-15-5-7-16(23)8-6-15/h5-8,12,14,18-19,24H,3-4,9-11,13H2,1-2H3,(H,25,29)(H,26,30)/t18-,19-/m0/s1. The highest BCUT2D eigenvalue weighted by atomic mass is 19.1. The van der Waals surface area contributed by atoms with Crippen molar-refractivity contribution in [2.75, 3.05) is 6.54 Å². The Morgan fingerprint density at radius 3 is 2.52 bits per heavy atom. The number of likely N-dealkylation sites (tertiary alicyclic amines) is 1. The number of hydrogen-bond donors (Lipinski definition) is 3. The average molecular weight is 432 g/mol. The van der Waals surface area contributed by atoms with Gasteiger partial charge in [-0.1, -0.05) is 26.0 Å². The number of carbonyl (C=O) groups is 4. The topological polar surface area (TPSA) is 119 Å². The molecular weight excluding hydrogens is 403 g/mol. The molecule has 1 aliphatic rings. The van der Waals surface area contributed by atoms with Gasteiger partial charge in [0.1, 0.15) is 17.9 Å². The molecule has 0 spiro atoms. The van der Waals surface area contributed by atoms with Gasteiger partial charge >= 0.3 is 0 Å². The number of amides is 3. The molecule has 0 bridgehead atoms. The number of Topliss-reactive ketones (excluding diaryl/α,β-unsaturated/α-hetero) is 1. The van der Waals surface area contributed by atoms with Crippen LogP contribution in [-0.4, -0.2) is 53.2 Å². The third-order valence-corrected chi connectivity index (χ3v) is 5.19. The first-order valence-electron chi connectivity index (χ1n) is 10.4. The second kappa shape index (κ2) is 11.3. The van der Waals surface area contributed by atoms with E-state index in [0.717, 1.165) is 0 Å². The molecular formula is C22H29FN4O4. The second-order valence-corrected chi connectivity index (χ2v) is 7.90. The van der Waals surface area contributed by atoms with Gasteiger partial charge in [0.05, 0.1) is 6.21 Å². The number of benzene rings is 1. The summed E-state index contributed by atoms with van der Waals surface area (Å²) in [5.74, 6) is -2.13. The lowest BCUT2D eigenvalue weighted by Crippen LogP contribution is -2.53. The maximum atomic E-state index is 13.0. The highest BCUT2D eigenvalue weighted by Gasteiger charge is 2.36. The van der Waals surface area contributed by atoms with Crippen molar-refractivity contribution in [1.82, 2.24) is 15.5 Å². The Morgan fingerprint density at radius 1 is 1.23 bits per heavy atom. The Kier molecular flexibility index (Phi) is 8.84. The molecule has 1 fully saturated rings. The fourth-order valence-corrected chi connectivity index (χ4v) is 3.44. The van der Waals surface area contributed by atoms with Gasteiger partial charge in [0.25, 0.3) is 0 Å². The number of hydrogen-bond acceptors (Lipinski definition) is 5. The van der Waals surface area contributed by atoms with Gasteiger partial charge in [-0.25, -0.2) is 4.39 Å². The summed E-state index contributed by atoms with van der Waals surface area (Å²) in [5, 5.41) is 12.4. The van der Waals surface area contributed by atoms with Crippen molar-refractivity contribution in [3.63, 3.8) is 0 Å². The Morgan fingerprint density at radius 2 is 1.90 bits per heavy atom. The summed E-state index contributed by atoms with van der Waals surface area (Å²) in [6, 6.07) is 3.99. The largest absolute Gasteiger partial charge is 0.350 e. The van der Waals surface area contributed by atoms with E-state index >= 15 is 0 Å². The van der Waals surface area contributed by atoms with Crippen LogP contribution < -0.4 is 10.6 Å². The fraction of sp³-hybridized carbons (Fsp3) is 0.500. The number of carbonyl (C=O) groups excluding carboxylic acids is 4. The summed E-state index contributed by atoms with van der Waals surface area (Å²) < 4.78 is 13.0. The predicted octanol–water partition coefficient (Wildman–Crippen LogP) is 1.57. The molecule has 1 aliphatic heterocycles. The van der Waals surface area contributed by atoms with E-state index in [4.69, 9.17) is 5.41 Å². The van der Waals surface area contributed by atoms with Gasteiger partial charge < -0.3 is 20.9 Å². The summed E-state index contributed by atoms with van der Waals surface area (Å²) in [6.07, 6.45) is 1.84. The molecule has 0 radical (unpaired) electrons. The number of nitrogens with zero attached hydrogens (tertiary/aromatic N) is 1. The van der Waals surface area contributed by atoms with Crippen LogP contribution in [0.4, 0.5) is 4.39 Å². The lowest BCUT2D eigenvalue weighted by Gasteiger charge is -2.27. The van der Waals surface area contributed by atoms with Gasteiger partial charge in [0, 0.05) is 25.4 Å². The minimum Gasteiger partial charge on any atom is -0.350 e. The monoisotopic (exact) mass is 432 g/mol. The minimum atomic E-state index is -0.992. The molecule has 0 saturated carbocycles. The van der Waals surface area contributed by atoms with Crippen molar-refractivity contribution in [2.45, 2.75) is 58.2 Å². The van der Waals surface area contributed by atoms with E-state index in [1.807, 2.05) is 0 Å². The smallest absolute Gasteiger partial charge is 0.243 e. The minimum absolute atomic E-state index is 0.0278. The molecule has 2 rings (SSSR count). The SMILES string of the molecule is CC(C)C(=O)N1CCC[C@H]1C(=O)N[C@@H](CCC(=O)C=N)C(=O)NCc1ccc(F)cc1. The highest BCUT2D eigenvalue weighted by molar-refractivity contribution is 6.26. The molecule has 0 aromatic heterocycles. The van der Waals surface area contributed by atoms with Gasteiger partial charge in [-0.05, 0) is 37.0 Å². The third-order valence-electron chi connectivity index (χ3n) is 5.19. The molecule has 2 atom stereocenters. The van der Waals surface area contributed by atoms with Crippen LogP contribution in [0, 0.1) is 17.1 Å². The average Bonchev–Trinajstić information content (AvgIpc) is 3.24. The van der Waals surface area contributed by atoms with E-state index in [9.17, 15) is 23.6 Å². The van der Waals surface area contributed by atoms with Crippen LogP contribution in [0.5, 0.6) is 0 Å². The van der Waals surface area contributed by atoms with E-state index in [0.29, 0.717) is 31.2 Å². The molecule has 1 aromatic rings. The van der Waals surface area contributed by atoms with Crippen molar-refractivity contribution in [1.29, 1.82) is 5.41 Å². The Hall–Kier alpha value is -3.10. The molecule has 1 saturated heterocycles. The van der Waals surface area contributed by atoms with E-state index < -0.39 is 29.7 Å². The number of nitrogens with one attached hydrogen (secondary N) is 3. The van der Waals surface area contributed by atoms with Crippen molar-refractivity contribution in [3.8, 4) is 0 Å². The maximum absolute atomic E-state index is 13.0. The molecule has 31 heavy (non-hydrogen) atoms. The quantitative estimate of drug-likeness (QED) is 0.486. The summed E-state index contributed by atoms with van der Waals surface area (Å²) in [7, 11) is 0. The van der Waals surface area contributed by atoms with Crippen molar-refractivity contribution in [3.05, 3.63) is 35.6 Å². The van der Waals surface area contributed by atoms with Crippen LogP contribution in [0.15, 0.2) is 24.3 Å². The van der Waals surface area contributed by atoms with Crippen molar-refractivity contribution < 1.29 is 23.6 Å². The third kappa shape index (κ3) is 6.97. The van der Waals surface area contributed by atoms with Crippen LogP contribution in [-0.2, 0) is 25.7 Å². The molecule has 3 amide bonds. The molecule has 0 aliphatic carbocycles. The highest BCUT2D eigenvalue weighted by Crippen LogP contribution is 2.20. The fourth-order valence-electron chi connectivity index (χ4n) is 3.44. The maximum Gasteiger partial charge on any atom is 0.243 e. The molecule has 168 valence electrons.